The van der Waals surface area contributed by atoms with Gasteiger partial charge in [-0.15, -0.1) is 0 Å². The maximum atomic E-state index is 13.3. The van der Waals surface area contributed by atoms with Crippen molar-refractivity contribution in [1.29, 1.82) is 0 Å². The van der Waals surface area contributed by atoms with E-state index in [9.17, 15) is 9.18 Å². The molecule has 5 heteroatoms. The van der Waals surface area contributed by atoms with Crippen LogP contribution in [-0.2, 0) is 4.79 Å². The third kappa shape index (κ3) is 4.24. The third-order valence-corrected chi connectivity index (χ3v) is 2.47. The zero-order valence-corrected chi connectivity index (χ0v) is 10.7. The van der Waals surface area contributed by atoms with Gasteiger partial charge in [0.15, 0.2) is 18.2 Å². The normalized spacial score (nSPS) is 11.9. The van der Waals surface area contributed by atoms with Crippen molar-refractivity contribution in [2.45, 2.75) is 32.7 Å². The van der Waals surface area contributed by atoms with Crippen LogP contribution < -0.4 is 15.8 Å². The van der Waals surface area contributed by atoms with Crippen LogP contribution in [0.4, 0.5) is 10.1 Å². The second-order valence-corrected chi connectivity index (χ2v) is 4.20. The molecular weight excluding hydrogens is 235 g/mol. The first-order valence-corrected chi connectivity index (χ1v) is 6.00. The van der Waals surface area contributed by atoms with E-state index >= 15 is 0 Å². The fraction of sp³-hybridized carbons (Fsp3) is 0.462. The summed E-state index contributed by atoms with van der Waals surface area (Å²) in [4.78, 5) is 11.5. The number of nitrogens with one attached hydrogen (secondary N) is 1. The first kappa shape index (κ1) is 14.3. The Morgan fingerprint density at radius 1 is 1.56 bits per heavy atom. The smallest absolute Gasteiger partial charge is 0.258 e. The van der Waals surface area contributed by atoms with Crippen LogP contribution in [0.15, 0.2) is 18.2 Å². The molecule has 0 bridgehead atoms. The quantitative estimate of drug-likeness (QED) is 0.764. The lowest BCUT2D eigenvalue weighted by molar-refractivity contribution is -0.123. The average Bonchev–Trinajstić information content (AvgIpc) is 2.28. The number of carbonyl (C=O) groups excluding carboxylic acids is 1. The minimum atomic E-state index is -0.565. The Bertz CT molecular complexity index is 390. The average molecular weight is 254 g/mol. The van der Waals surface area contributed by atoms with Gasteiger partial charge in [-0.25, -0.2) is 4.39 Å². The van der Waals surface area contributed by atoms with Crippen LogP contribution in [0.25, 0.3) is 0 Å². The number of ether oxygens (including phenoxy) is 1. The van der Waals surface area contributed by atoms with E-state index < -0.39 is 5.82 Å². The standard InChI is InChI=1S/C13H19FN2O2/c1-3-5-9(2)16-12(17)8-18-13-10(14)6-4-7-11(13)15/h4,6-7,9H,3,5,8,15H2,1-2H3,(H,16,17). The molecule has 100 valence electrons. The maximum Gasteiger partial charge on any atom is 0.258 e. The molecule has 1 unspecified atom stereocenters. The Labute approximate surface area is 106 Å². The predicted molar refractivity (Wildman–Crippen MR) is 68.8 cm³/mol. The molecule has 0 aliphatic heterocycles. The lowest BCUT2D eigenvalue weighted by atomic mass is 10.2. The van der Waals surface area contributed by atoms with Gasteiger partial charge in [0.1, 0.15) is 0 Å². The number of nitrogens with two attached hydrogens (primary N) is 1. The van der Waals surface area contributed by atoms with Crippen LogP contribution in [-0.4, -0.2) is 18.6 Å². The van der Waals surface area contributed by atoms with Crippen LogP contribution in [0.3, 0.4) is 0 Å². The van der Waals surface area contributed by atoms with Gasteiger partial charge in [0.2, 0.25) is 0 Å². The zero-order chi connectivity index (χ0) is 13.5. The summed E-state index contributed by atoms with van der Waals surface area (Å²) in [5.41, 5.74) is 5.74. The van der Waals surface area contributed by atoms with Gasteiger partial charge in [-0.1, -0.05) is 19.4 Å². The molecule has 3 N–H and O–H groups in total. The van der Waals surface area contributed by atoms with Crippen molar-refractivity contribution in [2.75, 3.05) is 12.3 Å². The molecule has 4 nitrogen and oxygen atoms in total. The summed E-state index contributed by atoms with van der Waals surface area (Å²) < 4.78 is 18.4. The SMILES string of the molecule is CCCC(C)NC(=O)COc1c(N)cccc1F. The molecule has 1 atom stereocenters. The second kappa shape index (κ2) is 6.83. The molecule has 0 aliphatic carbocycles. The van der Waals surface area contributed by atoms with Gasteiger partial charge >= 0.3 is 0 Å². The lowest BCUT2D eigenvalue weighted by Crippen LogP contribution is -2.36. The van der Waals surface area contributed by atoms with Crippen molar-refractivity contribution in [3.8, 4) is 5.75 Å². The van der Waals surface area contributed by atoms with Gasteiger partial charge in [-0.2, -0.15) is 0 Å². The molecule has 1 amide bonds. The van der Waals surface area contributed by atoms with E-state index in [2.05, 4.69) is 5.32 Å². The summed E-state index contributed by atoms with van der Waals surface area (Å²) in [7, 11) is 0. The van der Waals surface area contributed by atoms with Crippen molar-refractivity contribution in [2.24, 2.45) is 0 Å². The van der Waals surface area contributed by atoms with E-state index in [4.69, 9.17) is 10.5 Å². The number of hydrogen-bond acceptors (Lipinski definition) is 3. The number of hydrogen-bond donors (Lipinski definition) is 2. The molecule has 18 heavy (non-hydrogen) atoms. The van der Waals surface area contributed by atoms with Gasteiger partial charge in [0.05, 0.1) is 5.69 Å². The van der Waals surface area contributed by atoms with E-state index in [1.807, 2.05) is 13.8 Å². The fourth-order valence-corrected chi connectivity index (χ4v) is 1.64. The van der Waals surface area contributed by atoms with Crippen LogP contribution in [0.1, 0.15) is 26.7 Å². The first-order chi connectivity index (χ1) is 8.54. The van der Waals surface area contributed by atoms with Crippen molar-refractivity contribution in [1.82, 2.24) is 5.32 Å². The van der Waals surface area contributed by atoms with Gasteiger partial charge in [-0.3, -0.25) is 4.79 Å². The fourth-order valence-electron chi connectivity index (χ4n) is 1.64. The number of rotatable bonds is 6. The van der Waals surface area contributed by atoms with Crippen molar-refractivity contribution >= 4 is 11.6 Å². The van der Waals surface area contributed by atoms with E-state index in [0.29, 0.717) is 0 Å². The van der Waals surface area contributed by atoms with E-state index in [1.165, 1.54) is 18.2 Å². The van der Waals surface area contributed by atoms with Gasteiger partial charge in [0, 0.05) is 6.04 Å². The molecule has 0 saturated heterocycles. The van der Waals surface area contributed by atoms with Crippen LogP contribution in [0.2, 0.25) is 0 Å². The van der Waals surface area contributed by atoms with Crippen molar-refractivity contribution in [3.63, 3.8) is 0 Å². The highest BCUT2D eigenvalue weighted by Gasteiger charge is 2.11. The van der Waals surface area contributed by atoms with Gasteiger partial charge < -0.3 is 15.8 Å². The zero-order valence-electron chi connectivity index (χ0n) is 10.7. The molecule has 0 saturated carbocycles. The monoisotopic (exact) mass is 254 g/mol. The van der Waals surface area contributed by atoms with Crippen molar-refractivity contribution in [3.05, 3.63) is 24.0 Å². The highest BCUT2D eigenvalue weighted by molar-refractivity contribution is 5.78. The molecule has 0 radical (unpaired) electrons. The first-order valence-electron chi connectivity index (χ1n) is 6.00. The molecule has 1 rings (SSSR count). The summed E-state index contributed by atoms with van der Waals surface area (Å²) in [6, 6.07) is 4.34. The van der Waals surface area contributed by atoms with Crippen LogP contribution in [0, 0.1) is 5.82 Å². The van der Waals surface area contributed by atoms with Crippen LogP contribution in [0.5, 0.6) is 5.75 Å². The summed E-state index contributed by atoms with van der Waals surface area (Å²) in [6.45, 7) is 3.72. The number of amides is 1. The number of benzene rings is 1. The molecule has 1 aromatic carbocycles. The molecule has 0 aliphatic rings. The molecule has 1 aromatic rings. The van der Waals surface area contributed by atoms with E-state index in [0.717, 1.165) is 12.8 Å². The number of carbonyl (C=O) groups is 1. The number of halogens is 1. The second-order valence-electron chi connectivity index (χ2n) is 4.20. The van der Waals surface area contributed by atoms with Crippen LogP contribution >= 0.6 is 0 Å². The highest BCUT2D eigenvalue weighted by Crippen LogP contribution is 2.24. The van der Waals surface area contributed by atoms with Gasteiger partial charge in [0.25, 0.3) is 5.91 Å². The topological polar surface area (TPSA) is 64.3 Å². The minimum Gasteiger partial charge on any atom is -0.479 e. The summed E-state index contributed by atoms with van der Waals surface area (Å²) >= 11 is 0. The Balaban J connectivity index is 2.48. The molecular formula is C13H19FN2O2. The van der Waals surface area contributed by atoms with Gasteiger partial charge in [-0.05, 0) is 25.5 Å². The lowest BCUT2D eigenvalue weighted by Gasteiger charge is -2.14. The Morgan fingerprint density at radius 2 is 2.28 bits per heavy atom. The third-order valence-electron chi connectivity index (χ3n) is 2.47. The largest absolute Gasteiger partial charge is 0.479 e. The van der Waals surface area contributed by atoms with E-state index in [-0.39, 0.29) is 30.0 Å². The number of anilines is 1. The predicted octanol–water partition coefficient (Wildman–Crippen LogP) is 2.09. The number of nitrogen functional groups attached to an aromatic ring is 1. The highest BCUT2D eigenvalue weighted by atomic mass is 19.1. The summed E-state index contributed by atoms with van der Waals surface area (Å²) in [5.74, 6) is -0.918. The molecule has 0 aromatic heterocycles. The minimum absolute atomic E-state index is 0.0733. The number of para-hydroxylation sites is 1. The summed E-state index contributed by atoms with van der Waals surface area (Å²) in [5, 5.41) is 2.76. The molecule has 0 spiro atoms. The maximum absolute atomic E-state index is 13.3. The Kier molecular flexibility index (Phi) is 5.42. The molecule has 0 fully saturated rings. The van der Waals surface area contributed by atoms with E-state index in [1.54, 1.807) is 0 Å². The Morgan fingerprint density at radius 3 is 2.89 bits per heavy atom. The molecule has 0 heterocycles. The van der Waals surface area contributed by atoms with Crippen molar-refractivity contribution < 1.29 is 13.9 Å². The summed E-state index contributed by atoms with van der Waals surface area (Å²) in [6.07, 6.45) is 1.89. The Hall–Kier alpha value is -1.78.